The smallest absolute Gasteiger partial charge is 0.251 e. The van der Waals surface area contributed by atoms with Crippen LogP contribution in [0.3, 0.4) is 0 Å². The van der Waals surface area contributed by atoms with Crippen LogP contribution in [0.4, 0.5) is 10.1 Å². The number of ether oxygens (including phenoxy) is 1. The van der Waals surface area contributed by atoms with E-state index in [0.29, 0.717) is 30.0 Å². The Kier molecular flexibility index (Phi) is 10.0. The normalized spacial score (nSPS) is 10.0. The van der Waals surface area contributed by atoms with Crippen LogP contribution >= 0.6 is 12.4 Å². The number of amides is 2. The van der Waals surface area contributed by atoms with Gasteiger partial charge in [-0.05, 0) is 30.3 Å². The molecule has 0 saturated heterocycles. The summed E-state index contributed by atoms with van der Waals surface area (Å²) in [5, 5.41) is 8.34. The third kappa shape index (κ3) is 7.74. The topological polar surface area (TPSA) is 79.5 Å². The summed E-state index contributed by atoms with van der Waals surface area (Å²) in [6, 6.07) is 12.8. The Bertz CT molecular complexity index is 741. The van der Waals surface area contributed by atoms with Gasteiger partial charge in [-0.1, -0.05) is 18.2 Å². The van der Waals surface area contributed by atoms with E-state index in [4.69, 9.17) is 4.74 Å². The summed E-state index contributed by atoms with van der Waals surface area (Å²) < 4.78 is 18.4. The Balaban J connectivity index is 0.00000364. The molecule has 0 aromatic heterocycles. The van der Waals surface area contributed by atoms with Crippen molar-refractivity contribution in [3.8, 4) is 0 Å². The Hall–Kier alpha value is -2.48. The molecule has 0 spiro atoms. The molecule has 27 heavy (non-hydrogen) atoms. The van der Waals surface area contributed by atoms with Crippen molar-refractivity contribution in [2.45, 2.75) is 6.54 Å². The first kappa shape index (κ1) is 22.6. The van der Waals surface area contributed by atoms with E-state index < -0.39 is 0 Å². The van der Waals surface area contributed by atoms with Crippen LogP contribution in [-0.4, -0.2) is 38.6 Å². The minimum Gasteiger partial charge on any atom is -0.383 e. The second-order valence-electron chi connectivity index (χ2n) is 5.57. The van der Waals surface area contributed by atoms with Crippen LogP contribution in [0.1, 0.15) is 15.9 Å². The monoisotopic (exact) mass is 395 g/mol. The number of hydrogen-bond acceptors (Lipinski definition) is 4. The van der Waals surface area contributed by atoms with Crippen LogP contribution in [0, 0.1) is 5.82 Å². The summed E-state index contributed by atoms with van der Waals surface area (Å²) >= 11 is 0. The van der Waals surface area contributed by atoms with Crippen molar-refractivity contribution in [2.24, 2.45) is 0 Å². The molecule has 0 aliphatic rings. The fourth-order valence-electron chi connectivity index (χ4n) is 2.21. The van der Waals surface area contributed by atoms with Gasteiger partial charge in [0.1, 0.15) is 5.82 Å². The summed E-state index contributed by atoms with van der Waals surface area (Å²) in [6.45, 7) is 1.40. The third-order valence-electron chi connectivity index (χ3n) is 3.60. The van der Waals surface area contributed by atoms with E-state index in [2.05, 4.69) is 16.0 Å². The minimum absolute atomic E-state index is 0. The van der Waals surface area contributed by atoms with E-state index in [1.54, 1.807) is 49.6 Å². The molecule has 146 valence electrons. The highest BCUT2D eigenvalue weighted by Crippen LogP contribution is 2.10. The van der Waals surface area contributed by atoms with Gasteiger partial charge in [-0.15, -0.1) is 12.4 Å². The van der Waals surface area contributed by atoms with E-state index in [-0.39, 0.29) is 43.1 Å². The number of halogens is 2. The summed E-state index contributed by atoms with van der Waals surface area (Å²) in [7, 11) is 1.59. The maximum Gasteiger partial charge on any atom is 0.251 e. The van der Waals surface area contributed by atoms with Gasteiger partial charge in [-0.2, -0.15) is 0 Å². The molecule has 0 fully saturated rings. The van der Waals surface area contributed by atoms with Gasteiger partial charge in [0.05, 0.1) is 13.2 Å². The SMILES string of the molecule is COCCNCC(=O)Nc1ccc(C(=O)NCc2ccccc2F)cc1.Cl. The molecule has 8 heteroatoms. The molecular weight excluding hydrogens is 373 g/mol. The van der Waals surface area contributed by atoms with Gasteiger partial charge in [0.25, 0.3) is 5.91 Å². The number of benzene rings is 2. The second kappa shape index (κ2) is 12.0. The number of anilines is 1. The molecule has 0 radical (unpaired) electrons. The lowest BCUT2D eigenvalue weighted by atomic mass is 10.1. The molecular formula is C19H23ClFN3O3. The zero-order valence-electron chi connectivity index (χ0n) is 15.0. The number of rotatable bonds is 9. The number of methoxy groups -OCH3 is 1. The van der Waals surface area contributed by atoms with E-state index in [0.717, 1.165) is 0 Å². The average Bonchev–Trinajstić information content (AvgIpc) is 2.65. The van der Waals surface area contributed by atoms with Crippen LogP contribution < -0.4 is 16.0 Å². The largest absolute Gasteiger partial charge is 0.383 e. The molecule has 0 aliphatic carbocycles. The average molecular weight is 396 g/mol. The molecule has 2 aromatic rings. The summed E-state index contributed by atoms with van der Waals surface area (Å²) in [4.78, 5) is 23.9. The molecule has 0 aliphatic heterocycles. The Morgan fingerprint density at radius 2 is 1.78 bits per heavy atom. The fraction of sp³-hybridized carbons (Fsp3) is 0.263. The lowest BCUT2D eigenvalue weighted by molar-refractivity contribution is -0.115. The van der Waals surface area contributed by atoms with Crippen LogP contribution in [0.15, 0.2) is 48.5 Å². The molecule has 0 bridgehead atoms. The van der Waals surface area contributed by atoms with Gasteiger partial charge in [-0.25, -0.2) is 4.39 Å². The predicted octanol–water partition coefficient (Wildman–Crippen LogP) is 2.35. The van der Waals surface area contributed by atoms with Gasteiger partial charge >= 0.3 is 0 Å². The summed E-state index contributed by atoms with van der Waals surface area (Å²) in [5.74, 6) is -0.852. The molecule has 0 unspecified atom stereocenters. The second-order valence-corrected chi connectivity index (χ2v) is 5.57. The van der Waals surface area contributed by atoms with E-state index in [9.17, 15) is 14.0 Å². The van der Waals surface area contributed by atoms with Gasteiger partial charge < -0.3 is 20.7 Å². The first-order valence-electron chi connectivity index (χ1n) is 8.21. The van der Waals surface area contributed by atoms with Crippen molar-refractivity contribution in [2.75, 3.05) is 32.1 Å². The molecule has 2 aromatic carbocycles. The van der Waals surface area contributed by atoms with Crippen LogP contribution in [0.2, 0.25) is 0 Å². The van der Waals surface area contributed by atoms with Crippen molar-refractivity contribution >= 4 is 29.9 Å². The first-order valence-corrected chi connectivity index (χ1v) is 8.21. The fourth-order valence-corrected chi connectivity index (χ4v) is 2.21. The number of carbonyl (C=O) groups excluding carboxylic acids is 2. The van der Waals surface area contributed by atoms with Gasteiger partial charge in [-0.3, -0.25) is 9.59 Å². The van der Waals surface area contributed by atoms with Crippen molar-refractivity contribution in [3.05, 3.63) is 65.5 Å². The van der Waals surface area contributed by atoms with E-state index in [1.165, 1.54) is 6.07 Å². The zero-order valence-corrected chi connectivity index (χ0v) is 15.8. The quantitative estimate of drug-likeness (QED) is 0.569. The minimum atomic E-state index is -0.357. The molecule has 0 heterocycles. The molecule has 3 N–H and O–H groups in total. The van der Waals surface area contributed by atoms with Crippen molar-refractivity contribution < 1.29 is 18.7 Å². The van der Waals surface area contributed by atoms with Crippen molar-refractivity contribution in [3.63, 3.8) is 0 Å². The summed E-state index contributed by atoms with van der Waals surface area (Å²) in [6.07, 6.45) is 0. The molecule has 2 rings (SSSR count). The Labute approximate surface area is 163 Å². The highest BCUT2D eigenvalue weighted by atomic mass is 35.5. The molecule has 0 atom stereocenters. The van der Waals surface area contributed by atoms with Crippen molar-refractivity contribution in [1.29, 1.82) is 0 Å². The standard InChI is InChI=1S/C19H22FN3O3.ClH/c1-26-11-10-21-13-18(24)23-16-8-6-14(7-9-16)19(25)22-12-15-4-2-3-5-17(15)20;/h2-9,21H,10-13H2,1H3,(H,22,25)(H,23,24);1H. The van der Waals surface area contributed by atoms with Gasteiger partial charge in [0.15, 0.2) is 0 Å². The summed E-state index contributed by atoms with van der Waals surface area (Å²) in [5.41, 5.74) is 1.44. The Morgan fingerprint density at radius 1 is 1.07 bits per heavy atom. The highest BCUT2D eigenvalue weighted by molar-refractivity contribution is 5.96. The zero-order chi connectivity index (χ0) is 18.8. The van der Waals surface area contributed by atoms with Crippen molar-refractivity contribution in [1.82, 2.24) is 10.6 Å². The number of hydrogen-bond donors (Lipinski definition) is 3. The molecule has 6 nitrogen and oxygen atoms in total. The van der Waals surface area contributed by atoms with E-state index in [1.807, 2.05) is 0 Å². The van der Waals surface area contributed by atoms with Gasteiger partial charge in [0, 0.05) is 37.0 Å². The highest BCUT2D eigenvalue weighted by Gasteiger charge is 2.08. The number of nitrogens with one attached hydrogen (secondary N) is 3. The lowest BCUT2D eigenvalue weighted by Crippen LogP contribution is -2.30. The first-order chi connectivity index (χ1) is 12.6. The van der Waals surface area contributed by atoms with Crippen LogP contribution in [-0.2, 0) is 16.1 Å². The third-order valence-corrected chi connectivity index (χ3v) is 3.60. The molecule has 0 saturated carbocycles. The van der Waals surface area contributed by atoms with Crippen LogP contribution in [0.25, 0.3) is 0 Å². The molecule has 2 amide bonds. The van der Waals surface area contributed by atoms with Crippen LogP contribution in [0.5, 0.6) is 0 Å². The maximum atomic E-state index is 13.5. The Morgan fingerprint density at radius 3 is 2.44 bits per heavy atom. The number of carbonyl (C=O) groups is 2. The van der Waals surface area contributed by atoms with Gasteiger partial charge in [0.2, 0.25) is 5.91 Å². The lowest BCUT2D eigenvalue weighted by Gasteiger charge is -2.09. The predicted molar refractivity (Wildman–Crippen MR) is 105 cm³/mol. The van der Waals surface area contributed by atoms with E-state index >= 15 is 0 Å². The maximum absolute atomic E-state index is 13.5.